The minimum absolute atomic E-state index is 0.129. The first-order valence-corrected chi connectivity index (χ1v) is 37.4. The number of nitrogens with zero attached hydrogens (tertiary/aromatic N) is 2. The third-order valence-corrected chi connectivity index (χ3v) is 24.5. The molecule has 16 aromatic rings. The molecule has 500 valence electrons. The Kier molecular flexibility index (Phi) is 13.6. The van der Waals surface area contributed by atoms with E-state index < -0.39 is 16.2 Å². The van der Waals surface area contributed by atoms with Crippen LogP contribution < -0.4 is 9.80 Å². The molecule has 0 N–H and O–H groups in total. The molecule has 1 spiro atoms. The lowest BCUT2D eigenvalue weighted by atomic mass is 9.67. The van der Waals surface area contributed by atoms with Crippen LogP contribution in [0.4, 0.5) is 34.1 Å². The molecule has 5 aliphatic rings. The van der Waals surface area contributed by atoms with Gasteiger partial charge in [0.2, 0.25) is 0 Å². The van der Waals surface area contributed by atoms with Crippen LogP contribution in [0.5, 0.6) is 0 Å². The Balaban J connectivity index is 0.726. The van der Waals surface area contributed by atoms with Gasteiger partial charge in [0.05, 0.1) is 16.2 Å². The number of hydrogen-bond acceptors (Lipinski definition) is 2. The molecule has 0 saturated heterocycles. The fraction of sp³-hybridized carbons (Fsp3) is 0.0769. The van der Waals surface area contributed by atoms with E-state index in [-0.39, 0.29) is 5.41 Å². The van der Waals surface area contributed by atoms with Gasteiger partial charge in [-0.15, -0.1) is 0 Å². The van der Waals surface area contributed by atoms with E-state index in [1.807, 2.05) is 0 Å². The van der Waals surface area contributed by atoms with Crippen LogP contribution in [0.15, 0.2) is 376 Å². The number of rotatable bonds is 11. The lowest BCUT2D eigenvalue weighted by Crippen LogP contribution is -2.29. The summed E-state index contributed by atoms with van der Waals surface area (Å²) in [6.45, 7) is 9.20. The second-order valence-corrected chi connectivity index (χ2v) is 30.3. The molecule has 16 aromatic carbocycles. The van der Waals surface area contributed by atoms with Crippen LogP contribution in [-0.4, -0.2) is 0 Å². The maximum atomic E-state index is 2.52. The van der Waals surface area contributed by atoms with E-state index >= 15 is 0 Å². The Morgan fingerprint density at radius 1 is 0.179 bits per heavy atom. The Hall–Kier alpha value is -12.9. The van der Waals surface area contributed by atoms with Crippen molar-refractivity contribution in [1.82, 2.24) is 0 Å². The van der Waals surface area contributed by atoms with Crippen molar-refractivity contribution in [3.8, 4) is 66.8 Å². The van der Waals surface area contributed by atoms with Crippen molar-refractivity contribution in [3.63, 3.8) is 0 Å². The van der Waals surface area contributed by atoms with Crippen LogP contribution in [0.2, 0.25) is 0 Å². The molecule has 2 nitrogen and oxygen atoms in total. The second-order valence-electron chi connectivity index (χ2n) is 30.3. The molecule has 0 saturated carbocycles. The van der Waals surface area contributed by atoms with E-state index in [0.29, 0.717) is 0 Å². The van der Waals surface area contributed by atoms with Crippen molar-refractivity contribution in [2.45, 2.75) is 49.4 Å². The number of aryl methyl sites for hydroxylation is 2. The number of fused-ring (bicyclic) bond motifs is 19. The lowest BCUT2D eigenvalue weighted by molar-refractivity contribution is 0.660. The zero-order valence-electron chi connectivity index (χ0n) is 59.7. The molecule has 0 heterocycles. The maximum absolute atomic E-state index is 2.52. The number of hydrogen-bond donors (Lipinski definition) is 0. The van der Waals surface area contributed by atoms with Crippen molar-refractivity contribution in [2.24, 2.45) is 0 Å². The summed E-state index contributed by atoms with van der Waals surface area (Å²) in [7, 11) is 0. The summed E-state index contributed by atoms with van der Waals surface area (Å²) < 4.78 is 0. The van der Waals surface area contributed by atoms with Crippen LogP contribution in [0, 0.1) is 13.8 Å². The number of anilines is 6. The molecule has 0 atom stereocenters. The highest BCUT2D eigenvalue weighted by Crippen LogP contribution is 2.65. The molecule has 2 heteroatoms. The van der Waals surface area contributed by atoms with Crippen molar-refractivity contribution in [2.75, 3.05) is 9.80 Å². The smallest absolute Gasteiger partial charge is 0.0725 e. The van der Waals surface area contributed by atoms with E-state index in [1.165, 1.54) is 145 Å². The topological polar surface area (TPSA) is 6.48 Å². The second kappa shape index (κ2) is 23.3. The predicted molar refractivity (Wildman–Crippen MR) is 439 cm³/mol. The zero-order valence-corrected chi connectivity index (χ0v) is 59.7. The molecule has 0 aliphatic heterocycles. The molecular weight excluding hydrogens is 1280 g/mol. The summed E-state index contributed by atoms with van der Waals surface area (Å²) in [5.41, 5.74) is 40.5. The standard InChI is InChI=1S/C104H74N2/c1-67-41-55-85-87-57-51-79(65-99(87)102(97(85)61-67,71-25-9-5-10-26-71)72-27-11-6-12-28-72)106(80-52-58-88-86-56-42-68(2)62-98(86)103(100(88)66-80,73-29-13-7-14-30-73)74-31-15-8-16-32-74)76-49-45-70(46-50-76)69-43-47-75(48-44-69)105(77-53-59-92-89(63-77)83-35-17-21-37-91(83)101(92,3)4)78-54-60-96-90(64-78)84-36-20-24-40-95(84)104(96)93-38-22-18-33-81(93)82-34-19-23-39-94(82)104/h5-66H,1-4H3. The molecule has 0 unspecified atom stereocenters. The van der Waals surface area contributed by atoms with Gasteiger partial charge in [-0.1, -0.05) is 328 Å². The van der Waals surface area contributed by atoms with Crippen LogP contribution in [0.1, 0.15) is 103 Å². The first kappa shape index (κ1) is 61.8. The summed E-state index contributed by atoms with van der Waals surface area (Å²) in [5, 5.41) is 0. The summed E-state index contributed by atoms with van der Waals surface area (Å²) in [4.78, 5) is 5.01. The molecule has 21 rings (SSSR count). The molecule has 0 fully saturated rings. The lowest BCUT2D eigenvalue weighted by Gasteiger charge is -2.36. The normalized spacial score (nSPS) is 14.5. The Bertz CT molecular complexity index is 5930. The van der Waals surface area contributed by atoms with Crippen molar-refractivity contribution in [3.05, 3.63) is 465 Å². The summed E-state index contributed by atoms with van der Waals surface area (Å²) in [5.74, 6) is 0. The van der Waals surface area contributed by atoms with Gasteiger partial charge in [0, 0.05) is 39.5 Å². The van der Waals surface area contributed by atoms with Crippen molar-refractivity contribution in [1.29, 1.82) is 0 Å². The van der Waals surface area contributed by atoms with E-state index in [2.05, 4.69) is 414 Å². The van der Waals surface area contributed by atoms with Crippen LogP contribution in [-0.2, 0) is 21.7 Å². The van der Waals surface area contributed by atoms with Crippen molar-refractivity contribution < 1.29 is 0 Å². The monoisotopic (exact) mass is 1350 g/mol. The molecule has 0 amide bonds. The van der Waals surface area contributed by atoms with E-state index in [9.17, 15) is 0 Å². The van der Waals surface area contributed by atoms with E-state index in [0.717, 1.165) is 45.3 Å². The fourth-order valence-electron chi connectivity index (χ4n) is 20.0. The molecule has 5 aliphatic carbocycles. The van der Waals surface area contributed by atoms with E-state index in [1.54, 1.807) is 0 Å². The zero-order chi connectivity index (χ0) is 70.6. The molecule has 0 aromatic heterocycles. The first-order chi connectivity index (χ1) is 52.1. The van der Waals surface area contributed by atoms with E-state index in [4.69, 9.17) is 0 Å². The van der Waals surface area contributed by atoms with Crippen LogP contribution >= 0.6 is 0 Å². The molecule has 106 heavy (non-hydrogen) atoms. The van der Waals surface area contributed by atoms with Gasteiger partial charge < -0.3 is 9.80 Å². The summed E-state index contributed by atoms with van der Waals surface area (Å²) in [6, 6.07) is 143. The number of benzene rings is 16. The minimum Gasteiger partial charge on any atom is -0.310 e. The Labute approximate surface area is 621 Å². The highest BCUT2D eigenvalue weighted by atomic mass is 15.1. The van der Waals surface area contributed by atoms with Gasteiger partial charge in [-0.2, -0.15) is 0 Å². The third-order valence-electron chi connectivity index (χ3n) is 24.5. The largest absolute Gasteiger partial charge is 0.310 e. The van der Waals surface area contributed by atoms with Crippen molar-refractivity contribution >= 4 is 34.1 Å². The first-order valence-electron chi connectivity index (χ1n) is 37.4. The summed E-state index contributed by atoms with van der Waals surface area (Å²) >= 11 is 0. The Morgan fingerprint density at radius 3 is 0.830 bits per heavy atom. The van der Waals surface area contributed by atoms with Crippen LogP contribution in [0.25, 0.3) is 66.8 Å². The Morgan fingerprint density at radius 2 is 0.434 bits per heavy atom. The van der Waals surface area contributed by atoms with Gasteiger partial charge in [-0.3, -0.25) is 0 Å². The van der Waals surface area contributed by atoms with Gasteiger partial charge in [0.15, 0.2) is 0 Å². The van der Waals surface area contributed by atoms with Crippen LogP contribution in [0.3, 0.4) is 0 Å². The van der Waals surface area contributed by atoms with Gasteiger partial charge in [-0.25, -0.2) is 0 Å². The highest BCUT2D eigenvalue weighted by molar-refractivity contribution is 5.98. The molecular formula is C104H74N2. The summed E-state index contributed by atoms with van der Waals surface area (Å²) in [6.07, 6.45) is 0. The highest BCUT2D eigenvalue weighted by Gasteiger charge is 2.53. The fourth-order valence-corrected chi connectivity index (χ4v) is 20.0. The third kappa shape index (κ3) is 8.61. The van der Waals surface area contributed by atoms with Gasteiger partial charge in [0.1, 0.15) is 0 Å². The molecule has 0 bridgehead atoms. The van der Waals surface area contributed by atoms with Gasteiger partial charge in [-0.05, 0) is 231 Å². The maximum Gasteiger partial charge on any atom is 0.0725 e. The average Bonchev–Trinajstić information content (AvgIpc) is 1.52. The molecule has 0 radical (unpaired) electrons. The minimum atomic E-state index is -0.604. The SMILES string of the molecule is Cc1ccc2c(c1)C(c1ccccc1)(c1ccccc1)c1cc(N(c3ccc(-c4ccc(N(c5ccc6c(c5)-c5ccccc5C6(C)C)c5ccc6c(c5)-c5ccccc5C65c6ccccc6-c6ccccc65)cc4)cc3)c3ccc4c(c3)C(c3ccccc3)(c3ccccc3)c3cc(C)ccc3-4)ccc1-2. The average molecular weight is 1350 g/mol. The predicted octanol–water partition coefficient (Wildman–Crippen LogP) is 26.3. The quantitative estimate of drug-likeness (QED) is 0.127. The van der Waals surface area contributed by atoms with Gasteiger partial charge in [0.25, 0.3) is 0 Å². The van der Waals surface area contributed by atoms with Gasteiger partial charge >= 0.3 is 0 Å².